The molecule has 2 rings (SSSR count). The Morgan fingerprint density at radius 2 is 1.90 bits per heavy atom. The third-order valence-electron chi connectivity index (χ3n) is 3.76. The van der Waals surface area contributed by atoms with Gasteiger partial charge in [0.1, 0.15) is 0 Å². The minimum Gasteiger partial charge on any atom is -0.504 e. The number of nitrogens with one attached hydrogen (secondary N) is 1. The summed E-state index contributed by atoms with van der Waals surface area (Å²) in [5, 5.41) is 32.6. The van der Waals surface area contributed by atoms with E-state index in [4.69, 9.17) is 0 Å². The van der Waals surface area contributed by atoms with Gasteiger partial charge in [0.05, 0.1) is 0 Å². The molecule has 1 aromatic carbocycles. The van der Waals surface area contributed by atoms with Crippen LogP contribution in [0.1, 0.15) is 24.4 Å². The normalized spacial score (nSPS) is 17.8. The molecule has 5 heteroatoms. The Bertz CT molecular complexity index is 470. The highest BCUT2D eigenvalue weighted by molar-refractivity contribution is 5.54. The van der Waals surface area contributed by atoms with E-state index in [0.717, 1.165) is 39.0 Å². The van der Waals surface area contributed by atoms with E-state index in [2.05, 4.69) is 16.8 Å². The molecule has 20 heavy (non-hydrogen) atoms. The summed E-state index contributed by atoms with van der Waals surface area (Å²) >= 11 is 0. The predicted octanol–water partition coefficient (Wildman–Crippen LogP) is 1.72. The summed E-state index contributed by atoms with van der Waals surface area (Å²) in [6, 6.07) is 3.12. The lowest BCUT2D eigenvalue weighted by atomic mass is 9.98. The maximum absolute atomic E-state index is 10.1. The molecule has 0 saturated carbocycles. The topological polar surface area (TPSA) is 76.0 Å². The summed E-state index contributed by atoms with van der Waals surface area (Å²) in [5.74, 6) is -0.965. The number of nitrogens with zero attached hydrogens (tertiary/aromatic N) is 1. The quantitative estimate of drug-likeness (QED) is 0.487. The van der Waals surface area contributed by atoms with Crippen molar-refractivity contribution in [2.75, 3.05) is 26.2 Å². The highest BCUT2D eigenvalue weighted by atomic mass is 16.3. The molecule has 1 atom stereocenters. The second kappa shape index (κ2) is 6.63. The van der Waals surface area contributed by atoms with E-state index in [0.29, 0.717) is 5.56 Å². The van der Waals surface area contributed by atoms with Crippen molar-refractivity contribution in [2.45, 2.75) is 18.9 Å². The average molecular weight is 278 g/mol. The number of phenolic OH excluding ortho intramolecular Hbond substituents is 3. The van der Waals surface area contributed by atoms with Crippen LogP contribution in [0.2, 0.25) is 0 Å². The summed E-state index contributed by atoms with van der Waals surface area (Å²) < 4.78 is 0. The number of rotatable bonds is 5. The molecule has 4 N–H and O–H groups in total. The van der Waals surface area contributed by atoms with Gasteiger partial charge in [0.25, 0.3) is 0 Å². The fourth-order valence-electron chi connectivity index (χ4n) is 2.66. The zero-order valence-corrected chi connectivity index (χ0v) is 11.5. The Labute approximate surface area is 119 Å². The van der Waals surface area contributed by atoms with Crippen LogP contribution in [0.5, 0.6) is 17.2 Å². The lowest BCUT2D eigenvalue weighted by Crippen LogP contribution is -2.45. The molecule has 1 aliphatic rings. The smallest absolute Gasteiger partial charge is 0.200 e. The highest BCUT2D eigenvalue weighted by Crippen LogP contribution is 2.42. The van der Waals surface area contributed by atoms with Crippen LogP contribution in [0.15, 0.2) is 24.8 Å². The number of piperazine rings is 1. The van der Waals surface area contributed by atoms with Gasteiger partial charge >= 0.3 is 0 Å². The summed E-state index contributed by atoms with van der Waals surface area (Å²) in [5.41, 5.74) is 0.657. The molecule has 1 saturated heterocycles. The first kappa shape index (κ1) is 14.7. The number of aromatic hydroxyl groups is 3. The molecule has 1 fully saturated rings. The minimum atomic E-state index is -0.443. The van der Waals surface area contributed by atoms with Gasteiger partial charge in [0, 0.05) is 37.8 Å². The van der Waals surface area contributed by atoms with Crippen molar-refractivity contribution in [3.8, 4) is 17.2 Å². The van der Waals surface area contributed by atoms with E-state index in [1.54, 1.807) is 6.07 Å². The van der Waals surface area contributed by atoms with Crippen molar-refractivity contribution in [2.24, 2.45) is 0 Å². The molecule has 0 radical (unpaired) electrons. The van der Waals surface area contributed by atoms with E-state index in [9.17, 15) is 15.3 Å². The van der Waals surface area contributed by atoms with E-state index < -0.39 is 5.75 Å². The van der Waals surface area contributed by atoms with E-state index in [1.807, 2.05) is 6.08 Å². The molecule has 1 aromatic rings. The number of hydrogen-bond donors (Lipinski definition) is 4. The van der Waals surface area contributed by atoms with Crippen LogP contribution in [0, 0.1) is 0 Å². The van der Waals surface area contributed by atoms with Crippen molar-refractivity contribution in [1.82, 2.24) is 10.2 Å². The first-order chi connectivity index (χ1) is 9.65. The van der Waals surface area contributed by atoms with E-state index >= 15 is 0 Å². The number of allylic oxidation sites excluding steroid dienone is 1. The molecule has 0 aliphatic carbocycles. The highest BCUT2D eigenvalue weighted by Gasteiger charge is 2.25. The summed E-state index contributed by atoms with van der Waals surface area (Å²) in [6.45, 7) is 7.35. The summed E-state index contributed by atoms with van der Waals surface area (Å²) in [7, 11) is 0. The van der Waals surface area contributed by atoms with Gasteiger partial charge in [-0.15, -0.1) is 6.58 Å². The molecule has 0 amide bonds. The van der Waals surface area contributed by atoms with Crippen LogP contribution >= 0.6 is 0 Å². The molecule has 0 aromatic heterocycles. The molecule has 1 heterocycles. The summed E-state index contributed by atoms with van der Waals surface area (Å²) in [6.07, 6.45) is 3.50. The molecule has 0 spiro atoms. The van der Waals surface area contributed by atoms with Gasteiger partial charge in [-0.25, -0.2) is 0 Å². The predicted molar refractivity (Wildman–Crippen MR) is 78.1 cm³/mol. The second-order valence-electron chi connectivity index (χ2n) is 5.04. The maximum atomic E-state index is 10.1. The van der Waals surface area contributed by atoms with Gasteiger partial charge in [-0.3, -0.25) is 4.90 Å². The molecule has 5 nitrogen and oxygen atoms in total. The van der Waals surface area contributed by atoms with E-state index in [-0.39, 0.29) is 17.5 Å². The summed E-state index contributed by atoms with van der Waals surface area (Å²) in [4.78, 5) is 2.28. The van der Waals surface area contributed by atoms with Crippen LogP contribution in [0.25, 0.3) is 0 Å². The van der Waals surface area contributed by atoms with Crippen molar-refractivity contribution < 1.29 is 15.3 Å². The average Bonchev–Trinajstić information content (AvgIpc) is 2.48. The van der Waals surface area contributed by atoms with Crippen LogP contribution < -0.4 is 5.32 Å². The standard InChI is InChI=1S/C15H22N2O3/c1-2-3-4-12(17-9-7-16-8-10-17)11-5-6-13(18)15(20)14(11)19/h2,5-6,12,16,18-20H,1,3-4,7-10H2/t12-/m0/s1. The van der Waals surface area contributed by atoms with Gasteiger partial charge in [-0.2, -0.15) is 0 Å². The third-order valence-corrected chi connectivity index (χ3v) is 3.76. The number of hydrogen-bond acceptors (Lipinski definition) is 5. The largest absolute Gasteiger partial charge is 0.504 e. The molecule has 1 aliphatic heterocycles. The molecule has 0 unspecified atom stereocenters. The molecule has 110 valence electrons. The Morgan fingerprint density at radius 1 is 1.20 bits per heavy atom. The van der Waals surface area contributed by atoms with Crippen LogP contribution in [0.4, 0.5) is 0 Å². The SMILES string of the molecule is C=CCC[C@@H](c1ccc(O)c(O)c1O)N1CCNCC1. The van der Waals surface area contributed by atoms with Crippen LogP contribution in [-0.2, 0) is 0 Å². The van der Waals surface area contributed by atoms with Gasteiger partial charge in [-0.1, -0.05) is 6.08 Å². The first-order valence-corrected chi connectivity index (χ1v) is 6.94. The molecular weight excluding hydrogens is 256 g/mol. The maximum Gasteiger partial charge on any atom is 0.200 e. The van der Waals surface area contributed by atoms with Crippen LogP contribution in [-0.4, -0.2) is 46.4 Å². The van der Waals surface area contributed by atoms with Crippen molar-refractivity contribution in [1.29, 1.82) is 0 Å². The Hall–Kier alpha value is -1.72. The lowest BCUT2D eigenvalue weighted by molar-refractivity contribution is 0.163. The van der Waals surface area contributed by atoms with Gasteiger partial charge in [-0.05, 0) is 25.0 Å². The first-order valence-electron chi connectivity index (χ1n) is 6.94. The van der Waals surface area contributed by atoms with Gasteiger partial charge < -0.3 is 20.6 Å². The lowest BCUT2D eigenvalue weighted by Gasteiger charge is -2.35. The van der Waals surface area contributed by atoms with Crippen molar-refractivity contribution in [3.05, 3.63) is 30.4 Å². The number of phenols is 3. The minimum absolute atomic E-state index is 0.0154. The zero-order chi connectivity index (χ0) is 14.5. The van der Waals surface area contributed by atoms with Gasteiger partial charge in [0.2, 0.25) is 5.75 Å². The monoisotopic (exact) mass is 278 g/mol. The second-order valence-corrected chi connectivity index (χ2v) is 5.04. The Morgan fingerprint density at radius 3 is 2.55 bits per heavy atom. The van der Waals surface area contributed by atoms with Crippen molar-refractivity contribution in [3.63, 3.8) is 0 Å². The third kappa shape index (κ3) is 3.05. The fourth-order valence-corrected chi connectivity index (χ4v) is 2.66. The van der Waals surface area contributed by atoms with Crippen LogP contribution in [0.3, 0.4) is 0 Å². The Kier molecular flexibility index (Phi) is 4.87. The zero-order valence-electron chi connectivity index (χ0n) is 11.5. The molecule has 0 bridgehead atoms. The Balaban J connectivity index is 2.29. The number of benzene rings is 1. The molecular formula is C15H22N2O3. The van der Waals surface area contributed by atoms with Gasteiger partial charge in [0.15, 0.2) is 11.5 Å². The van der Waals surface area contributed by atoms with E-state index in [1.165, 1.54) is 6.07 Å². The fraction of sp³-hybridized carbons (Fsp3) is 0.467. The van der Waals surface area contributed by atoms with Crippen molar-refractivity contribution >= 4 is 0 Å².